The van der Waals surface area contributed by atoms with Crippen LogP contribution in [0, 0.1) is 19.8 Å². The van der Waals surface area contributed by atoms with Gasteiger partial charge in [0, 0.05) is 12.7 Å². The van der Waals surface area contributed by atoms with Crippen LogP contribution in [0.15, 0.2) is 42.6 Å². The van der Waals surface area contributed by atoms with Gasteiger partial charge in [-0.25, -0.2) is 0 Å². The highest BCUT2D eigenvalue weighted by Crippen LogP contribution is 2.23. The van der Waals surface area contributed by atoms with Gasteiger partial charge in [0.05, 0.1) is 17.8 Å². The molecule has 0 fully saturated rings. The number of pyridine rings is 1. The number of aliphatic hydroxyl groups excluding tert-OH is 1. The second kappa shape index (κ2) is 7.52. The average molecular weight is 298 g/mol. The quantitative estimate of drug-likeness (QED) is 0.854. The van der Waals surface area contributed by atoms with Crippen molar-refractivity contribution in [2.45, 2.75) is 39.8 Å². The number of benzene rings is 1. The minimum absolute atomic E-state index is 0.140. The van der Waals surface area contributed by atoms with Crippen molar-refractivity contribution in [3.8, 4) is 0 Å². The molecule has 0 saturated heterocycles. The first kappa shape index (κ1) is 16.7. The SMILES string of the molecule is Cc1ccc(C(O)CNC(c2ncccc2C)C(C)C)cc1. The lowest BCUT2D eigenvalue weighted by molar-refractivity contribution is 0.165. The Bertz CT molecular complexity index is 593. The molecule has 1 aromatic carbocycles. The molecule has 0 bridgehead atoms. The van der Waals surface area contributed by atoms with Crippen LogP contribution in [0.5, 0.6) is 0 Å². The van der Waals surface area contributed by atoms with Gasteiger partial charge in [0.2, 0.25) is 0 Å². The molecule has 0 saturated carbocycles. The van der Waals surface area contributed by atoms with Gasteiger partial charge in [-0.05, 0) is 37.0 Å². The highest BCUT2D eigenvalue weighted by atomic mass is 16.3. The molecule has 3 nitrogen and oxygen atoms in total. The van der Waals surface area contributed by atoms with Crippen LogP contribution >= 0.6 is 0 Å². The molecular formula is C19H26N2O. The normalized spacial score (nSPS) is 14.1. The zero-order chi connectivity index (χ0) is 16.1. The predicted octanol–water partition coefficient (Wildman–Crippen LogP) is 3.72. The van der Waals surface area contributed by atoms with Gasteiger partial charge < -0.3 is 10.4 Å². The molecule has 0 radical (unpaired) electrons. The van der Waals surface area contributed by atoms with E-state index in [1.807, 2.05) is 43.5 Å². The van der Waals surface area contributed by atoms with E-state index in [-0.39, 0.29) is 6.04 Å². The summed E-state index contributed by atoms with van der Waals surface area (Å²) >= 11 is 0. The van der Waals surface area contributed by atoms with E-state index in [1.54, 1.807) is 0 Å². The van der Waals surface area contributed by atoms with E-state index in [0.29, 0.717) is 12.5 Å². The van der Waals surface area contributed by atoms with Crippen molar-refractivity contribution in [1.82, 2.24) is 10.3 Å². The van der Waals surface area contributed by atoms with Gasteiger partial charge in [-0.1, -0.05) is 49.7 Å². The van der Waals surface area contributed by atoms with Crippen molar-refractivity contribution >= 4 is 0 Å². The zero-order valence-electron chi connectivity index (χ0n) is 13.9. The second-order valence-electron chi connectivity index (χ2n) is 6.26. The van der Waals surface area contributed by atoms with Crippen LogP contribution in [-0.2, 0) is 0 Å². The van der Waals surface area contributed by atoms with E-state index in [2.05, 4.69) is 37.1 Å². The zero-order valence-corrected chi connectivity index (χ0v) is 13.9. The number of hydrogen-bond acceptors (Lipinski definition) is 3. The van der Waals surface area contributed by atoms with Gasteiger partial charge in [-0.2, -0.15) is 0 Å². The molecule has 1 heterocycles. The van der Waals surface area contributed by atoms with Crippen LogP contribution in [0.1, 0.15) is 48.4 Å². The Morgan fingerprint density at radius 3 is 2.36 bits per heavy atom. The first-order valence-corrected chi connectivity index (χ1v) is 7.88. The second-order valence-corrected chi connectivity index (χ2v) is 6.26. The Morgan fingerprint density at radius 1 is 1.09 bits per heavy atom. The Hall–Kier alpha value is -1.71. The molecule has 2 aromatic rings. The molecule has 1 aromatic heterocycles. The largest absolute Gasteiger partial charge is 0.387 e. The molecule has 0 amide bonds. The number of aliphatic hydroxyl groups is 1. The van der Waals surface area contributed by atoms with Gasteiger partial charge in [-0.3, -0.25) is 4.98 Å². The summed E-state index contributed by atoms with van der Waals surface area (Å²) in [4.78, 5) is 4.52. The van der Waals surface area contributed by atoms with E-state index in [1.165, 1.54) is 11.1 Å². The van der Waals surface area contributed by atoms with Crippen LogP contribution in [-0.4, -0.2) is 16.6 Å². The average Bonchev–Trinajstić information content (AvgIpc) is 2.49. The standard InChI is InChI=1S/C19H26N2O/c1-13(2)18(19-15(4)6-5-11-20-19)21-12-17(22)16-9-7-14(3)8-10-16/h5-11,13,17-18,21-22H,12H2,1-4H3. The summed E-state index contributed by atoms with van der Waals surface area (Å²) in [6.07, 6.45) is 1.32. The van der Waals surface area contributed by atoms with Gasteiger partial charge in [0.25, 0.3) is 0 Å². The lowest BCUT2D eigenvalue weighted by Gasteiger charge is -2.25. The Kier molecular flexibility index (Phi) is 5.69. The fourth-order valence-electron chi connectivity index (χ4n) is 2.62. The van der Waals surface area contributed by atoms with Crippen molar-refractivity contribution in [2.24, 2.45) is 5.92 Å². The molecule has 2 rings (SSSR count). The molecule has 22 heavy (non-hydrogen) atoms. The summed E-state index contributed by atoms with van der Waals surface area (Å²) in [6, 6.07) is 12.2. The molecule has 0 aliphatic rings. The first-order valence-electron chi connectivity index (χ1n) is 7.88. The van der Waals surface area contributed by atoms with Gasteiger partial charge in [-0.15, -0.1) is 0 Å². The Balaban J connectivity index is 2.06. The van der Waals surface area contributed by atoms with Gasteiger partial charge in [0.15, 0.2) is 0 Å². The van der Waals surface area contributed by atoms with E-state index >= 15 is 0 Å². The van der Waals surface area contributed by atoms with Crippen LogP contribution in [0.4, 0.5) is 0 Å². The van der Waals surface area contributed by atoms with Crippen LogP contribution in [0.3, 0.4) is 0 Å². The number of aromatic nitrogens is 1. The Labute approximate surface area is 133 Å². The first-order chi connectivity index (χ1) is 10.5. The highest BCUT2D eigenvalue weighted by molar-refractivity contribution is 5.24. The van der Waals surface area contributed by atoms with Crippen molar-refractivity contribution in [3.05, 3.63) is 65.0 Å². The van der Waals surface area contributed by atoms with Crippen LogP contribution in [0.25, 0.3) is 0 Å². The summed E-state index contributed by atoms with van der Waals surface area (Å²) in [7, 11) is 0. The summed E-state index contributed by atoms with van der Waals surface area (Å²) in [6.45, 7) is 8.98. The summed E-state index contributed by atoms with van der Waals surface area (Å²) in [5, 5.41) is 13.9. The number of nitrogens with one attached hydrogen (secondary N) is 1. The smallest absolute Gasteiger partial charge is 0.0914 e. The minimum Gasteiger partial charge on any atom is -0.387 e. The van der Waals surface area contributed by atoms with Crippen LogP contribution in [0.2, 0.25) is 0 Å². The van der Waals surface area contributed by atoms with Crippen molar-refractivity contribution < 1.29 is 5.11 Å². The van der Waals surface area contributed by atoms with E-state index in [4.69, 9.17) is 0 Å². The lowest BCUT2D eigenvalue weighted by Crippen LogP contribution is -2.31. The van der Waals surface area contributed by atoms with Crippen LogP contribution < -0.4 is 5.32 Å². The van der Waals surface area contributed by atoms with Crippen molar-refractivity contribution in [2.75, 3.05) is 6.54 Å². The maximum atomic E-state index is 10.4. The van der Waals surface area contributed by atoms with Crippen molar-refractivity contribution in [1.29, 1.82) is 0 Å². The Morgan fingerprint density at radius 2 is 1.77 bits per heavy atom. The highest BCUT2D eigenvalue weighted by Gasteiger charge is 2.20. The van der Waals surface area contributed by atoms with E-state index < -0.39 is 6.10 Å². The molecule has 118 valence electrons. The minimum atomic E-state index is -0.508. The number of aryl methyl sites for hydroxylation is 2. The fourth-order valence-corrected chi connectivity index (χ4v) is 2.62. The van der Waals surface area contributed by atoms with E-state index in [0.717, 1.165) is 11.3 Å². The summed E-state index contributed by atoms with van der Waals surface area (Å²) in [5.41, 5.74) is 4.39. The molecular weight excluding hydrogens is 272 g/mol. The topological polar surface area (TPSA) is 45.1 Å². The molecule has 0 aliphatic carbocycles. The summed E-state index contributed by atoms with van der Waals surface area (Å²) < 4.78 is 0. The number of hydrogen-bond donors (Lipinski definition) is 2. The van der Waals surface area contributed by atoms with Gasteiger partial charge in [0.1, 0.15) is 0 Å². The monoisotopic (exact) mass is 298 g/mol. The maximum Gasteiger partial charge on any atom is 0.0914 e. The predicted molar refractivity (Wildman–Crippen MR) is 90.7 cm³/mol. The number of nitrogens with zero attached hydrogens (tertiary/aromatic N) is 1. The van der Waals surface area contributed by atoms with E-state index in [9.17, 15) is 5.11 Å². The third-order valence-electron chi connectivity index (χ3n) is 4.00. The number of rotatable bonds is 6. The molecule has 2 unspecified atom stereocenters. The third kappa shape index (κ3) is 4.15. The molecule has 0 spiro atoms. The molecule has 2 N–H and O–H groups in total. The third-order valence-corrected chi connectivity index (χ3v) is 4.00. The molecule has 0 aliphatic heterocycles. The maximum absolute atomic E-state index is 10.4. The molecule has 2 atom stereocenters. The lowest BCUT2D eigenvalue weighted by atomic mass is 9.96. The van der Waals surface area contributed by atoms with Crippen molar-refractivity contribution in [3.63, 3.8) is 0 Å². The fraction of sp³-hybridized carbons (Fsp3) is 0.421. The van der Waals surface area contributed by atoms with Gasteiger partial charge >= 0.3 is 0 Å². The summed E-state index contributed by atoms with van der Waals surface area (Å²) in [5.74, 6) is 0.402. The molecule has 3 heteroatoms.